The quantitative estimate of drug-likeness (QED) is 0.681. The van der Waals surface area contributed by atoms with Gasteiger partial charge in [-0.25, -0.2) is 0 Å². The molecule has 144 valence electrons. The number of amides is 1. The lowest BCUT2D eigenvalue weighted by Gasteiger charge is -2.30. The molecular weight excluding hydrogens is 376 g/mol. The van der Waals surface area contributed by atoms with Crippen molar-refractivity contribution in [3.05, 3.63) is 75.4 Å². The van der Waals surface area contributed by atoms with E-state index in [1.807, 2.05) is 41.4 Å². The number of carbonyl (C=O) groups excluding carboxylic acids is 1. The zero-order valence-corrected chi connectivity index (χ0v) is 16.4. The van der Waals surface area contributed by atoms with Gasteiger partial charge in [-0.15, -0.1) is 0 Å². The lowest BCUT2D eigenvalue weighted by molar-refractivity contribution is -0.132. The van der Waals surface area contributed by atoms with Crippen molar-refractivity contribution in [1.82, 2.24) is 19.2 Å². The number of halogens is 1. The largest absolute Gasteiger partial charge is 0.338 e. The number of aryl methyl sites for hydroxylation is 1. The molecule has 6 nitrogen and oxygen atoms in total. The maximum atomic E-state index is 12.9. The monoisotopic (exact) mass is 396 g/mol. The van der Waals surface area contributed by atoms with E-state index in [0.717, 1.165) is 16.8 Å². The summed E-state index contributed by atoms with van der Waals surface area (Å²) in [6, 6.07) is 11.1. The summed E-state index contributed by atoms with van der Waals surface area (Å²) >= 11 is 6.31. The highest BCUT2D eigenvalue weighted by atomic mass is 35.5. The highest BCUT2D eigenvalue weighted by Gasteiger charge is 2.24. The van der Waals surface area contributed by atoms with Crippen LogP contribution in [0.3, 0.4) is 0 Å². The van der Waals surface area contributed by atoms with E-state index >= 15 is 0 Å². The normalized spacial score (nSPS) is 13.4. The van der Waals surface area contributed by atoms with Crippen LogP contribution in [0.25, 0.3) is 11.1 Å². The van der Waals surface area contributed by atoms with E-state index in [0.29, 0.717) is 43.1 Å². The average molecular weight is 397 g/mol. The SMILES string of the molecule is Cn1c2c(cc(-c3ccccc3Cl)c1=O)CN(C(=O)CCn1cccn1)CC2. The average Bonchev–Trinajstić information content (AvgIpc) is 3.23. The zero-order chi connectivity index (χ0) is 19.7. The van der Waals surface area contributed by atoms with E-state index < -0.39 is 0 Å². The molecule has 0 N–H and O–H groups in total. The molecule has 1 aliphatic rings. The van der Waals surface area contributed by atoms with Crippen molar-refractivity contribution in [2.75, 3.05) is 6.54 Å². The first-order valence-electron chi connectivity index (χ1n) is 9.26. The first kappa shape index (κ1) is 18.5. The predicted octanol–water partition coefficient (Wildman–Crippen LogP) is 2.88. The summed E-state index contributed by atoms with van der Waals surface area (Å²) in [4.78, 5) is 27.4. The van der Waals surface area contributed by atoms with Crippen LogP contribution in [0.5, 0.6) is 0 Å². The van der Waals surface area contributed by atoms with Crippen molar-refractivity contribution in [3.63, 3.8) is 0 Å². The van der Waals surface area contributed by atoms with Crippen LogP contribution in [0.15, 0.2) is 53.6 Å². The summed E-state index contributed by atoms with van der Waals surface area (Å²) in [7, 11) is 1.79. The molecule has 0 radical (unpaired) electrons. The van der Waals surface area contributed by atoms with Crippen molar-refractivity contribution in [2.45, 2.75) is 25.9 Å². The van der Waals surface area contributed by atoms with Gasteiger partial charge in [-0.05, 0) is 23.8 Å². The summed E-state index contributed by atoms with van der Waals surface area (Å²) in [5.41, 5.74) is 3.20. The van der Waals surface area contributed by atoms with Gasteiger partial charge in [-0.1, -0.05) is 29.8 Å². The molecule has 2 aromatic heterocycles. The Morgan fingerprint density at radius 3 is 2.79 bits per heavy atom. The smallest absolute Gasteiger partial charge is 0.258 e. The summed E-state index contributed by atoms with van der Waals surface area (Å²) in [5, 5.41) is 4.68. The lowest BCUT2D eigenvalue weighted by Crippen LogP contribution is -2.39. The molecule has 28 heavy (non-hydrogen) atoms. The van der Waals surface area contributed by atoms with Gasteiger partial charge in [0, 0.05) is 73.8 Å². The molecule has 0 atom stereocenters. The van der Waals surface area contributed by atoms with Gasteiger partial charge in [-0.3, -0.25) is 14.3 Å². The van der Waals surface area contributed by atoms with E-state index in [1.165, 1.54) is 0 Å². The zero-order valence-electron chi connectivity index (χ0n) is 15.6. The molecule has 0 bridgehead atoms. The molecule has 4 rings (SSSR count). The number of hydrogen-bond donors (Lipinski definition) is 0. The lowest BCUT2D eigenvalue weighted by atomic mass is 9.99. The molecule has 0 saturated carbocycles. The number of fused-ring (bicyclic) bond motifs is 1. The Labute approximate surface area is 168 Å². The number of carbonyl (C=O) groups is 1. The Bertz CT molecular complexity index is 1070. The first-order chi connectivity index (χ1) is 13.5. The Balaban J connectivity index is 1.60. The number of aromatic nitrogens is 3. The Hall–Kier alpha value is -2.86. The van der Waals surface area contributed by atoms with E-state index in [9.17, 15) is 9.59 Å². The van der Waals surface area contributed by atoms with Gasteiger partial charge in [-0.2, -0.15) is 5.10 Å². The second kappa shape index (κ2) is 7.64. The van der Waals surface area contributed by atoms with Gasteiger partial charge in [0.1, 0.15) is 0 Å². The third kappa shape index (κ3) is 3.47. The predicted molar refractivity (Wildman–Crippen MR) is 108 cm³/mol. The summed E-state index contributed by atoms with van der Waals surface area (Å²) in [5.74, 6) is 0.0919. The second-order valence-electron chi connectivity index (χ2n) is 6.96. The Morgan fingerprint density at radius 2 is 2.04 bits per heavy atom. The molecule has 3 heterocycles. The molecule has 0 aliphatic carbocycles. The molecule has 1 amide bonds. The third-order valence-electron chi connectivity index (χ3n) is 5.24. The molecule has 1 aliphatic heterocycles. The molecular formula is C21H21ClN4O2. The van der Waals surface area contributed by atoms with E-state index in [1.54, 1.807) is 28.6 Å². The van der Waals surface area contributed by atoms with Crippen LogP contribution < -0.4 is 5.56 Å². The van der Waals surface area contributed by atoms with Crippen LogP contribution in [0.2, 0.25) is 5.02 Å². The summed E-state index contributed by atoms with van der Waals surface area (Å²) < 4.78 is 3.45. The fourth-order valence-corrected chi connectivity index (χ4v) is 3.95. The minimum Gasteiger partial charge on any atom is -0.338 e. The van der Waals surface area contributed by atoms with Gasteiger partial charge >= 0.3 is 0 Å². The Kier molecular flexibility index (Phi) is 5.05. The number of rotatable bonds is 4. The molecule has 3 aromatic rings. The van der Waals surface area contributed by atoms with E-state index in [-0.39, 0.29) is 11.5 Å². The Morgan fingerprint density at radius 1 is 1.21 bits per heavy atom. The number of benzene rings is 1. The first-order valence-corrected chi connectivity index (χ1v) is 9.64. The van der Waals surface area contributed by atoms with Crippen molar-refractivity contribution in [3.8, 4) is 11.1 Å². The molecule has 0 fully saturated rings. The van der Waals surface area contributed by atoms with Crippen LogP contribution in [0.4, 0.5) is 0 Å². The van der Waals surface area contributed by atoms with E-state index in [4.69, 9.17) is 11.6 Å². The van der Waals surface area contributed by atoms with Crippen molar-refractivity contribution in [1.29, 1.82) is 0 Å². The second-order valence-corrected chi connectivity index (χ2v) is 7.37. The van der Waals surface area contributed by atoms with Crippen LogP contribution in [-0.2, 0) is 31.4 Å². The van der Waals surface area contributed by atoms with Crippen LogP contribution >= 0.6 is 11.6 Å². The maximum absolute atomic E-state index is 12.9. The molecule has 1 aromatic carbocycles. The third-order valence-corrected chi connectivity index (χ3v) is 5.57. The van der Waals surface area contributed by atoms with Gasteiger partial charge in [0.05, 0.1) is 0 Å². The highest BCUT2D eigenvalue weighted by Crippen LogP contribution is 2.28. The van der Waals surface area contributed by atoms with Gasteiger partial charge in [0.25, 0.3) is 5.56 Å². The van der Waals surface area contributed by atoms with Gasteiger partial charge in [0.2, 0.25) is 5.91 Å². The summed E-state index contributed by atoms with van der Waals surface area (Å²) in [6.45, 7) is 1.68. The van der Waals surface area contributed by atoms with Crippen molar-refractivity contribution in [2.24, 2.45) is 7.05 Å². The summed E-state index contributed by atoms with van der Waals surface area (Å²) in [6.07, 6.45) is 4.63. The van der Waals surface area contributed by atoms with Crippen LogP contribution in [-0.4, -0.2) is 31.7 Å². The minimum absolute atomic E-state index is 0.0645. The minimum atomic E-state index is -0.0645. The molecule has 7 heteroatoms. The van der Waals surface area contributed by atoms with Gasteiger partial charge in [0.15, 0.2) is 0 Å². The fraction of sp³-hybridized carbons (Fsp3) is 0.286. The number of hydrogen-bond acceptors (Lipinski definition) is 3. The number of pyridine rings is 1. The van der Waals surface area contributed by atoms with Crippen molar-refractivity contribution < 1.29 is 4.79 Å². The van der Waals surface area contributed by atoms with Crippen LogP contribution in [0.1, 0.15) is 17.7 Å². The van der Waals surface area contributed by atoms with Crippen LogP contribution in [0, 0.1) is 0 Å². The molecule has 0 spiro atoms. The van der Waals surface area contributed by atoms with Crippen molar-refractivity contribution >= 4 is 17.5 Å². The molecule has 0 unspecified atom stereocenters. The fourth-order valence-electron chi connectivity index (χ4n) is 3.72. The molecule has 0 saturated heterocycles. The number of nitrogens with zero attached hydrogens (tertiary/aromatic N) is 4. The highest BCUT2D eigenvalue weighted by molar-refractivity contribution is 6.33. The standard InChI is InChI=1S/C21H21ClN4O2/c1-24-19-7-11-25(20(27)8-12-26-10-4-9-23-26)14-15(19)13-17(21(24)28)16-5-2-3-6-18(16)22/h2-6,9-10,13H,7-8,11-12,14H2,1H3. The maximum Gasteiger partial charge on any atom is 0.258 e. The van der Waals surface area contributed by atoms with E-state index in [2.05, 4.69) is 5.10 Å². The topological polar surface area (TPSA) is 60.1 Å². The van der Waals surface area contributed by atoms with Gasteiger partial charge < -0.3 is 9.47 Å².